The largest absolute Gasteiger partial charge is 0.360 e. The van der Waals surface area contributed by atoms with Crippen LogP contribution in [0.3, 0.4) is 0 Å². The Morgan fingerprint density at radius 3 is 2.90 bits per heavy atom. The van der Waals surface area contributed by atoms with Crippen molar-refractivity contribution in [3.8, 4) is 0 Å². The van der Waals surface area contributed by atoms with E-state index in [9.17, 15) is 14.9 Å². The van der Waals surface area contributed by atoms with Crippen molar-refractivity contribution in [3.05, 3.63) is 22.2 Å². The van der Waals surface area contributed by atoms with Gasteiger partial charge in [-0.05, 0) is 35.6 Å². The van der Waals surface area contributed by atoms with E-state index in [1.165, 1.54) is 6.07 Å². The van der Waals surface area contributed by atoms with E-state index in [1.54, 1.807) is 6.07 Å². The van der Waals surface area contributed by atoms with Crippen molar-refractivity contribution in [1.82, 2.24) is 10.3 Å². The van der Waals surface area contributed by atoms with Gasteiger partial charge in [0.15, 0.2) is 5.52 Å². The van der Waals surface area contributed by atoms with Gasteiger partial charge < -0.3 is 9.69 Å². The number of aldehydes is 1. The number of aromatic nitrogens is 2. The maximum Gasteiger partial charge on any atom is 0.300 e. The molecule has 0 radical (unpaired) electrons. The molecule has 2 aromatic rings. The van der Waals surface area contributed by atoms with Crippen molar-refractivity contribution in [2.75, 3.05) is 11.4 Å². The van der Waals surface area contributed by atoms with Gasteiger partial charge in [-0.1, -0.05) is 0 Å². The van der Waals surface area contributed by atoms with Crippen LogP contribution in [0.2, 0.25) is 0 Å². The lowest BCUT2D eigenvalue weighted by atomic mass is 10.0. The molecule has 1 aliphatic heterocycles. The highest BCUT2D eigenvalue weighted by Gasteiger charge is 2.27. The average molecular weight is 276 g/mol. The molecule has 20 heavy (non-hydrogen) atoms. The third kappa shape index (κ3) is 1.89. The molecule has 2 heterocycles. The summed E-state index contributed by atoms with van der Waals surface area (Å²) in [4.78, 5) is 23.5. The first-order valence-electron chi connectivity index (χ1n) is 6.34. The van der Waals surface area contributed by atoms with E-state index in [1.807, 2.05) is 4.90 Å². The maximum atomic E-state index is 11.2. The smallest absolute Gasteiger partial charge is 0.300 e. The molecule has 1 aliphatic rings. The highest BCUT2D eigenvalue weighted by Crippen LogP contribution is 2.33. The number of nitro groups is 1. The number of anilines is 1. The summed E-state index contributed by atoms with van der Waals surface area (Å²) in [6.07, 6.45) is 3.63. The Kier molecular flexibility index (Phi) is 3.05. The average Bonchev–Trinajstić information content (AvgIpc) is 2.95. The van der Waals surface area contributed by atoms with Crippen LogP contribution in [0.1, 0.15) is 19.3 Å². The predicted molar refractivity (Wildman–Crippen MR) is 69.5 cm³/mol. The lowest BCUT2D eigenvalue weighted by molar-refractivity contribution is -0.383. The molecule has 1 fully saturated rings. The molecule has 1 aromatic carbocycles. The van der Waals surface area contributed by atoms with Crippen LogP contribution in [-0.4, -0.2) is 34.1 Å². The minimum Gasteiger partial charge on any atom is -0.360 e. The van der Waals surface area contributed by atoms with Crippen molar-refractivity contribution < 1.29 is 14.3 Å². The monoisotopic (exact) mass is 276 g/mol. The molecule has 104 valence electrons. The zero-order valence-corrected chi connectivity index (χ0v) is 10.6. The second kappa shape index (κ2) is 4.87. The summed E-state index contributed by atoms with van der Waals surface area (Å²) in [6, 6.07) is 2.75. The second-order valence-corrected chi connectivity index (χ2v) is 4.71. The molecule has 8 heteroatoms. The first-order valence-corrected chi connectivity index (χ1v) is 6.34. The third-order valence-electron chi connectivity index (χ3n) is 3.59. The number of hydrogen-bond donors (Lipinski definition) is 0. The molecule has 8 nitrogen and oxygen atoms in total. The standard InChI is InChI=1S/C12H12N4O4/c17-7-8-3-1-2-6-15(8)9-4-5-10(16(18)19)12-11(9)13-20-14-12/h4-5,7-8H,1-3,6H2. The van der Waals surface area contributed by atoms with Gasteiger partial charge in [-0.25, -0.2) is 4.63 Å². The van der Waals surface area contributed by atoms with Crippen LogP contribution in [0, 0.1) is 10.1 Å². The molecule has 0 aliphatic carbocycles. The number of nitro benzene ring substituents is 1. The second-order valence-electron chi connectivity index (χ2n) is 4.71. The Balaban J connectivity index is 2.12. The van der Waals surface area contributed by atoms with E-state index in [2.05, 4.69) is 14.9 Å². The van der Waals surface area contributed by atoms with Crippen LogP contribution >= 0.6 is 0 Å². The van der Waals surface area contributed by atoms with E-state index >= 15 is 0 Å². The van der Waals surface area contributed by atoms with Gasteiger partial charge in [0.05, 0.1) is 16.7 Å². The highest BCUT2D eigenvalue weighted by molar-refractivity contribution is 5.94. The van der Waals surface area contributed by atoms with Gasteiger partial charge in [0.1, 0.15) is 6.29 Å². The minimum atomic E-state index is -0.524. The molecule has 1 aromatic heterocycles. The summed E-state index contributed by atoms with van der Waals surface area (Å²) in [6.45, 7) is 0.711. The molecule has 0 amide bonds. The quantitative estimate of drug-likeness (QED) is 0.477. The molecular formula is C12H12N4O4. The van der Waals surface area contributed by atoms with E-state index in [-0.39, 0.29) is 17.2 Å². The van der Waals surface area contributed by atoms with Gasteiger partial charge >= 0.3 is 5.69 Å². The van der Waals surface area contributed by atoms with Gasteiger partial charge in [0.25, 0.3) is 0 Å². The summed E-state index contributed by atoms with van der Waals surface area (Å²) in [5.74, 6) is 0. The third-order valence-corrected chi connectivity index (χ3v) is 3.59. The molecule has 0 saturated carbocycles. The normalized spacial score (nSPS) is 19.2. The van der Waals surface area contributed by atoms with Crippen molar-refractivity contribution in [3.63, 3.8) is 0 Å². The highest BCUT2D eigenvalue weighted by atomic mass is 16.6. The van der Waals surface area contributed by atoms with Gasteiger partial charge in [0.2, 0.25) is 5.52 Å². The van der Waals surface area contributed by atoms with Crippen LogP contribution in [-0.2, 0) is 4.79 Å². The number of piperidine rings is 1. The zero-order valence-electron chi connectivity index (χ0n) is 10.6. The van der Waals surface area contributed by atoms with E-state index < -0.39 is 4.92 Å². The fourth-order valence-electron chi connectivity index (χ4n) is 2.62. The van der Waals surface area contributed by atoms with Gasteiger partial charge in [-0.3, -0.25) is 10.1 Å². The first-order chi connectivity index (χ1) is 9.72. The van der Waals surface area contributed by atoms with E-state index in [4.69, 9.17) is 0 Å². The molecule has 0 bridgehead atoms. The zero-order chi connectivity index (χ0) is 14.1. The maximum absolute atomic E-state index is 11.2. The molecule has 3 rings (SSSR count). The number of rotatable bonds is 3. The molecule has 0 N–H and O–H groups in total. The fraction of sp³-hybridized carbons (Fsp3) is 0.417. The molecule has 1 atom stereocenters. The molecular weight excluding hydrogens is 264 g/mol. The Hall–Kier alpha value is -2.51. The van der Waals surface area contributed by atoms with Crippen LogP contribution in [0.25, 0.3) is 11.0 Å². The number of carbonyl (C=O) groups excluding carboxylic acids is 1. The van der Waals surface area contributed by atoms with Crippen molar-refractivity contribution in [2.24, 2.45) is 0 Å². The Labute approximate surface area is 113 Å². The number of hydrogen-bond acceptors (Lipinski definition) is 7. The molecule has 1 saturated heterocycles. The van der Waals surface area contributed by atoms with Crippen molar-refractivity contribution in [2.45, 2.75) is 25.3 Å². The lowest BCUT2D eigenvalue weighted by Crippen LogP contribution is -2.40. The van der Waals surface area contributed by atoms with E-state index in [0.29, 0.717) is 17.7 Å². The minimum absolute atomic E-state index is 0.114. The predicted octanol–water partition coefficient (Wildman–Crippen LogP) is 1.69. The van der Waals surface area contributed by atoms with Crippen LogP contribution in [0.15, 0.2) is 16.8 Å². The first kappa shape index (κ1) is 12.5. The van der Waals surface area contributed by atoms with E-state index in [0.717, 1.165) is 25.5 Å². The fourth-order valence-corrected chi connectivity index (χ4v) is 2.62. The Bertz CT molecular complexity index is 669. The summed E-state index contributed by atoms with van der Waals surface area (Å²) in [5.41, 5.74) is 0.948. The number of non-ortho nitro benzene ring substituents is 1. The van der Waals surface area contributed by atoms with Crippen molar-refractivity contribution in [1.29, 1.82) is 0 Å². The Morgan fingerprint density at radius 1 is 1.35 bits per heavy atom. The number of carbonyl (C=O) groups is 1. The summed E-state index contributed by atoms with van der Waals surface area (Å²) < 4.78 is 4.64. The summed E-state index contributed by atoms with van der Waals surface area (Å²) in [7, 11) is 0. The van der Waals surface area contributed by atoms with Gasteiger partial charge in [-0.15, -0.1) is 0 Å². The topological polar surface area (TPSA) is 102 Å². The van der Waals surface area contributed by atoms with Crippen molar-refractivity contribution >= 4 is 28.7 Å². The van der Waals surface area contributed by atoms with Crippen LogP contribution in [0.5, 0.6) is 0 Å². The summed E-state index contributed by atoms with van der Waals surface area (Å²) in [5, 5.41) is 18.3. The SMILES string of the molecule is O=CC1CCCCN1c1ccc([N+](=O)[O-])c2nonc12. The number of benzene rings is 1. The van der Waals surface area contributed by atoms with Gasteiger partial charge in [-0.2, -0.15) is 0 Å². The number of nitrogens with zero attached hydrogens (tertiary/aromatic N) is 4. The van der Waals surface area contributed by atoms with Crippen LogP contribution < -0.4 is 4.90 Å². The molecule has 1 unspecified atom stereocenters. The van der Waals surface area contributed by atoms with Gasteiger partial charge in [0, 0.05) is 12.6 Å². The van der Waals surface area contributed by atoms with Crippen LogP contribution in [0.4, 0.5) is 11.4 Å². The lowest BCUT2D eigenvalue weighted by Gasteiger charge is -2.34. The summed E-state index contributed by atoms with van der Waals surface area (Å²) >= 11 is 0. The molecule has 0 spiro atoms. The number of fused-ring (bicyclic) bond motifs is 1. The Morgan fingerprint density at radius 2 is 2.15 bits per heavy atom.